The van der Waals surface area contributed by atoms with E-state index < -0.39 is 0 Å². The Kier molecular flexibility index (Phi) is 29.1. The van der Waals surface area contributed by atoms with Gasteiger partial charge in [0, 0.05) is 37.1 Å². The van der Waals surface area contributed by atoms with Gasteiger partial charge in [-0.25, -0.2) is 0 Å². The van der Waals surface area contributed by atoms with E-state index in [1.54, 1.807) is 24.3 Å². The zero-order valence-corrected chi connectivity index (χ0v) is 35.6. The van der Waals surface area contributed by atoms with Crippen LogP contribution in [-0.2, 0) is 0 Å². The minimum Gasteiger partial charge on any atom is -0.352 e. The lowest BCUT2D eigenvalue weighted by atomic mass is 10.1. The molecule has 0 aromatic heterocycles. The SMILES string of the molecule is CCCCCCCCCCCCCC[N+](C)(C)CCCNC(=O)c1ccc(C(=O)NCCC[N+](C)(C)CCCCCCCCCCCCCC)cc1. The Balaban J connectivity index is 2.10. The Morgan fingerprint density at radius 3 is 0.885 bits per heavy atom. The molecule has 302 valence electrons. The molecule has 0 aliphatic rings. The number of hydrogen-bond acceptors (Lipinski definition) is 2. The second kappa shape index (κ2) is 31.4. The molecule has 6 heteroatoms. The lowest BCUT2D eigenvalue weighted by Gasteiger charge is -2.30. The highest BCUT2D eigenvalue weighted by atomic mass is 16.2. The van der Waals surface area contributed by atoms with Crippen LogP contribution in [0.1, 0.15) is 202 Å². The van der Waals surface area contributed by atoms with Crippen molar-refractivity contribution in [3.05, 3.63) is 35.4 Å². The van der Waals surface area contributed by atoms with Gasteiger partial charge in [0.15, 0.2) is 0 Å². The Hall–Kier alpha value is -1.92. The van der Waals surface area contributed by atoms with Crippen molar-refractivity contribution >= 4 is 11.8 Å². The Bertz CT molecular complexity index is 912. The molecule has 1 rings (SSSR count). The maximum atomic E-state index is 12.7. The van der Waals surface area contributed by atoms with E-state index in [0.29, 0.717) is 24.2 Å². The molecule has 0 heterocycles. The van der Waals surface area contributed by atoms with Crippen LogP contribution in [0.5, 0.6) is 0 Å². The molecule has 0 atom stereocenters. The quantitative estimate of drug-likeness (QED) is 0.0534. The van der Waals surface area contributed by atoms with Crippen molar-refractivity contribution < 1.29 is 18.6 Å². The molecule has 0 fully saturated rings. The van der Waals surface area contributed by atoms with Gasteiger partial charge in [0.25, 0.3) is 11.8 Å². The first kappa shape index (κ1) is 48.1. The van der Waals surface area contributed by atoms with Crippen LogP contribution < -0.4 is 10.6 Å². The molecule has 1 aromatic rings. The normalized spacial score (nSPS) is 12.0. The number of benzene rings is 1. The van der Waals surface area contributed by atoms with Gasteiger partial charge in [0.1, 0.15) is 0 Å². The summed E-state index contributed by atoms with van der Waals surface area (Å²) in [5.41, 5.74) is 1.22. The number of carbonyl (C=O) groups is 2. The topological polar surface area (TPSA) is 58.2 Å². The summed E-state index contributed by atoms with van der Waals surface area (Å²) in [6, 6.07) is 7.08. The first-order valence-electron chi connectivity index (χ1n) is 22.4. The summed E-state index contributed by atoms with van der Waals surface area (Å²) in [4.78, 5) is 25.5. The largest absolute Gasteiger partial charge is 0.352 e. The van der Waals surface area contributed by atoms with Gasteiger partial charge in [-0.15, -0.1) is 0 Å². The number of hydrogen-bond donors (Lipinski definition) is 2. The average molecular weight is 729 g/mol. The van der Waals surface area contributed by atoms with Crippen LogP contribution in [0.25, 0.3) is 0 Å². The first-order valence-corrected chi connectivity index (χ1v) is 22.4. The molecule has 2 N–H and O–H groups in total. The Labute approximate surface area is 323 Å². The summed E-state index contributed by atoms with van der Waals surface area (Å²) in [6.45, 7) is 10.4. The van der Waals surface area contributed by atoms with Crippen molar-refractivity contribution in [3.63, 3.8) is 0 Å². The standard InChI is InChI=1S/C46H86N4O2/c1-7-9-11-13-15-17-19-21-23-25-27-29-39-49(3,4)41-31-37-47-45(51)43-33-35-44(36-34-43)46(52)48-38-32-42-50(5,6)40-30-28-26-24-22-20-18-16-14-12-10-8-2/h33-36H,7-32,37-42H2,1-6H3/p+2. The first-order chi connectivity index (χ1) is 25.1. The number of unbranched alkanes of at least 4 members (excludes halogenated alkanes) is 22. The van der Waals surface area contributed by atoms with E-state index in [1.165, 1.54) is 167 Å². The van der Waals surface area contributed by atoms with E-state index in [0.717, 1.165) is 34.9 Å². The summed E-state index contributed by atoms with van der Waals surface area (Å²) in [6.07, 6.45) is 35.2. The van der Waals surface area contributed by atoms with Crippen LogP contribution in [0.2, 0.25) is 0 Å². The monoisotopic (exact) mass is 729 g/mol. The molecule has 2 amide bonds. The highest BCUT2D eigenvalue weighted by molar-refractivity contribution is 5.97. The third kappa shape index (κ3) is 27.7. The molecule has 52 heavy (non-hydrogen) atoms. The van der Waals surface area contributed by atoms with Gasteiger partial charge in [0.05, 0.1) is 54.4 Å². The van der Waals surface area contributed by atoms with Crippen molar-refractivity contribution in [1.82, 2.24) is 10.6 Å². The highest BCUT2D eigenvalue weighted by Gasteiger charge is 2.16. The molecule has 0 unspecified atom stereocenters. The molecule has 1 aromatic carbocycles. The molecule has 0 spiro atoms. The number of carbonyl (C=O) groups excluding carboxylic acids is 2. The van der Waals surface area contributed by atoms with Crippen LogP contribution in [0.15, 0.2) is 24.3 Å². The molecule has 0 saturated carbocycles. The number of nitrogens with zero attached hydrogens (tertiary/aromatic N) is 2. The van der Waals surface area contributed by atoms with E-state index in [2.05, 4.69) is 52.7 Å². The lowest BCUT2D eigenvalue weighted by Crippen LogP contribution is -2.42. The number of amides is 2. The summed E-state index contributed by atoms with van der Waals surface area (Å²) < 4.78 is 2.01. The van der Waals surface area contributed by atoms with Gasteiger partial charge in [-0.05, 0) is 49.9 Å². The third-order valence-corrected chi connectivity index (χ3v) is 11.1. The fraction of sp³-hybridized carbons (Fsp3) is 0.826. The molecular formula is C46H88N4O2+2. The molecular weight excluding hydrogens is 641 g/mol. The maximum Gasteiger partial charge on any atom is 0.251 e. The number of rotatable bonds is 36. The van der Waals surface area contributed by atoms with E-state index in [9.17, 15) is 9.59 Å². The average Bonchev–Trinajstić information content (AvgIpc) is 3.12. The van der Waals surface area contributed by atoms with Crippen molar-refractivity contribution in [3.8, 4) is 0 Å². The second-order valence-corrected chi connectivity index (χ2v) is 17.3. The fourth-order valence-electron chi connectivity index (χ4n) is 7.38. The van der Waals surface area contributed by atoms with Gasteiger partial charge >= 0.3 is 0 Å². The number of quaternary nitrogens is 2. The van der Waals surface area contributed by atoms with E-state index in [4.69, 9.17) is 0 Å². The van der Waals surface area contributed by atoms with Crippen molar-refractivity contribution in [2.75, 3.05) is 67.5 Å². The smallest absolute Gasteiger partial charge is 0.251 e. The molecule has 0 aliphatic heterocycles. The summed E-state index contributed by atoms with van der Waals surface area (Å²) in [7, 11) is 9.24. The van der Waals surface area contributed by atoms with Gasteiger partial charge < -0.3 is 19.6 Å². The van der Waals surface area contributed by atoms with Crippen LogP contribution in [0, 0.1) is 0 Å². The zero-order chi connectivity index (χ0) is 38.2. The van der Waals surface area contributed by atoms with Gasteiger partial charge in [-0.1, -0.05) is 142 Å². The minimum absolute atomic E-state index is 0.0635. The molecule has 0 saturated heterocycles. The summed E-state index contributed by atoms with van der Waals surface area (Å²) in [5.74, 6) is -0.127. The number of nitrogens with one attached hydrogen (secondary N) is 2. The van der Waals surface area contributed by atoms with E-state index in [1.807, 2.05) is 0 Å². The maximum absolute atomic E-state index is 12.7. The second-order valence-electron chi connectivity index (χ2n) is 17.3. The molecule has 0 aliphatic carbocycles. The summed E-state index contributed by atoms with van der Waals surface area (Å²) in [5, 5.41) is 6.16. The van der Waals surface area contributed by atoms with Crippen LogP contribution in [0.4, 0.5) is 0 Å². The van der Waals surface area contributed by atoms with Gasteiger partial charge in [-0.2, -0.15) is 0 Å². The predicted molar refractivity (Wildman–Crippen MR) is 226 cm³/mol. The van der Waals surface area contributed by atoms with E-state index in [-0.39, 0.29) is 11.8 Å². The zero-order valence-electron chi connectivity index (χ0n) is 35.6. The van der Waals surface area contributed by atoms with Crippen LogP contribution in [-0.4, -0.2) is 88.2 Å². The fourth-order valence-corrected chi connectivity index (χ4v) is 7.38. The molecule has 0 radical (unpaired) electrons. The minimum atomic E-state index is -0.0635. The van der Waals surface area contributed by atoms with Crippen LogP contribution >= 0.6 is 0 Å². The van der Waals surface area contributed by atoms with Gasteiger partial charge in [-0.3, -0.25) is 9.59 Å². The van der Waals surface area contributed by atoms with Gasteiger partial charge in [0.2, 0.25) is 0 Å². The lowest BCUT2D eigenvalue weighted by molar-refractivity contribution is -0.890. The van der Waals surface area contributed by atoms with Crippen molar-refractivity contribution in [1.29, 1.82) is 0 Å². The van der Waals surface area contributed by atoms with E-state index >= 15 is 0 Å². The predicted octanol–water partition coefficient (Wildman–Crippen LogP) is 11.5. The molecule has 0 bridgehead atoms. The summed E-state index contributed by atoms with van der Waals surface area (Å²) >= 11 is 0. The molecule has 6 nitrogen and oxygen atoms in total. The van der Waals surface area contributed by atoms with Crippen molar-refractivity contribution in [2.45, 2.75) is 181 Å². The van der Waals surface area contributed by atoms with Crippen molar-refractivity contribution in [2.24, 2.45) is 0 Å². The highest BCUT2D eigenvalue weighted by Crippen LogP contribution is 2.15. The Morgan fingerprint density at radius 2 is 0.615 bits per heavy atom. The third-order valence-electron chi connectivity index (χ3n) is 11.1. The Morgan fingerprint density at radius 1 is 0.385 bits per heavy atom. The van der Waals surface area contributed by atoms with Crippen LogP contribution in [0.3, 0.4) is 0 Å².